The summed E-state index contributed by atoms with van der Waals surface area (Å²) in [7, 11) is 0. The lowest BCUT2D eigenvalue weighted by Gasteiger charge is -2.42. The molecule has 0 radical (unpaired) electrons. The van der Waals surface area contributed by atoms with Crippen molar-refractivity contribution in [3.8, 4) is 0 Å². The summed E-state index contributed by atoms with van der Waals surface area (Å²) < 4.78 is 0. The molecule has 3 rings (SSSR count). The average Bonchev–Trinajstić information content (AvgIpc) is 2.40. The molecule has 1 aromatic carbocycles. The summed E-state index contributed by atoms with van der Waals surface area (Å²) in [6.45, 7) is 0. The first-order valence-electron chi connectivity index (χ1n) is 7.90. The lowest BCUT2D eigenvalue weighted by atomic mass is 9.60. The molecule has 0 heterocycles. The molecule has 1 aromatic rings. The number of carbonyl (C=O) groups excluding carboxylic acids is 1. The molecule has 0 unspecified atom stereocenters. The molecule has 2 aliphatic rings. The van der Waals surface area contributed by atoms with Crippen molar-refractivity contribution < 1.29 is 4.79 Å². The van der Waals surface area contributed by atoms with Crippen LogP contribution < -0.4 is 0 Å². The predicted molar refractivity (Wildman–Crippen MR) is 78.2 cm³/mol. The van der Waals surface area contributed by atoms with Crippen LogP contribution in [0.25, 0.3) is 0 Å². The van der Waals surface area contributed by atoms with Crippen LogP contribution >= 0.6 is 0 Å². The number of Topliss-reactive ketones (excluding diaryl/α,β-unsaturated/α-hetero) is 1. The van der Waals surface area contributed by atoms with E-state index in [0.717, 1.165) is 19.3 Å². The van der Waals surface area contributed by atoms with Crippen LogP contribution in [0, 0.1) is 5.92 Å². The molecule has 0 N–H and O–H groups in total. The van der Waals surface area contributed by atoms with Crippen molar-refractivity contribution in [1.29, 1.82) is 0 Å². The Morgan fingerprint density at radius 1 is 1.00 bits per heavy atom. The van der Waals surface area contributed by atoms with Gasteiger partial charge in [0, 0.05) is 6.42 Å². The largest absolute Gasteiger partial charge is 0.299 e. The lowest BCUT2D eigenvalue weighted by molar-refractivity contribution is -0.128. The quantitative estimate of drug-likeness (QED) is 0.766. The van der Waals surface area contributed by atoms with E-state index in [9.17, 15) is 4.79 Å². The van der Waals surface area contributed by atoms with Gasteiger partial charge in [-0.3, -0.25) is 4.79 Å². The average molecular weight is 256 g/mol. The number of carbonyl (C=O) groups is 1. The van der Waals surface area contributed by atoms with Gasteiger partial charge in [0.2, 0.25) is 0 Å². The summed E-state index contributed by atoms with van der Waals surface area (Å²) in [4.78, 5) is 12.8. The number of hydrogen-bond donors (Lipinski definition) is 0. The first-order chi connectivity index (χ1) is 9.31. The molecular weight excluding hydrogens is 232 g/mol. The van der Waals surface area contributed by atoms with Crippen LogP contribution in [0.4, 0.5) is 0 Å². The number of rotatable bonds is 4. The predicted octanol–water partition coefficient (Wildman–Crippen LogP) is 4.65. The van der Waals surface area contributed by atoms with E-state index in [1.165, 1.54) is 44.1 Å². The van der Waals surface area contributed by atoms with E-state index in [1.807, 2.05) is 6.07 Å². The van der Waals surface area contributed by atoms with Crippen molar-refractivity contribution in [2.24, 2.45) is 5.92 Å². The van der Waals surface area contributed by atoms with Crippen LogP contribution in [-0.4, -0.2) is 5.78 Å². The van der Waals surface area contributed by atoms with Gasteiger partial charge >= 0.3 is 0 Å². The molecule has 0 atom stereocenters. The van der Waals surface area contributed by atoms with Gasteiger partial charge in [0.25, 0.3) is 0 Å². The number of hydrogen-bond acceptors (Lipinski definition) is 1. The molecule has 0 aromatic heterocycles. The molecule has 0 spiro atoms. The zero-order chi connectivity index (χ0) is 13.1. The third kappa shape index (κ3) is 2.48. The van der Waals surface area contributed by atoms with Crippen LogP contribution in [0.2, 0.25) is 0 Å². The summed E-state index contributed by atoms with van der Waals surface area (Å²) in [5, 5.41) is 0. The van der Waals surface area contributed by atoms with Crippen molar-refractivity contribution in [3.63, 3.8) is 0 Å². The zero-order valence-corrected chi connectivity index (χ0v) is 11.7. The van der Waals surface area contributed by atoms with Crippen molar-refractivity contribution in [2.75, 3.05) is 0 Å². The Balaban J connectivity index is 1.73. The molecule has 2 fully saturated rings. The molecular formula is C18H24O. The van der Waals surface area contributed by atoms with Gasteiger partial charge < -0.3 is 0 Å². The van der Waals surface area contributed by atoms with Gasteiger partial charge in [-0.15, -0.1) is 0 Å². The van der Waals surface area contributed by atoms with E-state index in [2.05, 4.69) is 24.3 Å². The second-order valence-corrected chi connectivity index (χ2v) is 6.43. The van der Waals surface area contributed by atoms with Gasteiger partial charge in [0.05, 0.1) is 5.41 Å². The molecule has 0 bridgehead atoms. The molecule has 2 saturated carbocycles. The summed E-state index contributed by atoms with van der Waals surface area (Å²) in [5.74, 6) is 1.19. The van der Waals surface area contributed by atoms with Crippen LogP contribution in [-0.2, 0) is 10.2 Å². The summed E-state index contributed by atoms with van der Waals surface area (Å²) in [6, 6.07) is 10.5. The van der Waals surface area contributed by atoms with Gasteiger partial charge in [-0.05, 0) is 24.3 Å². The van der Waals surface area contributed by atoms with Crippen molar-refractivity contribution in [2.45, 2.75) is 63.2 Å². The topological polar surface area (TPSA) is 17.1 Å². The lowest BCUT2D eigenvalue weighted by Crippen LogP contribution is -2.43. The zero-order valence-electron chi connectivity index (χ0n) is 11.7. The normalized spacial score (nSPS) is 22.7. The molecule has 0 amide bonds. The Morgan fingerprint density at radius 3 is 2.26 bits per heavy atom. The van der Waals surface area contributed by atoms with Crippen molar-refractivity contribution >= 4 is 5.78 Å². The fourth-order valence-electron chi connectivity index (χ4n) is 3.86. The Bertz CT molecular complexity index is 424. The number of ketones is 1. The minimum Gasteiger partial charge on any atom is -0.299 e. The monoisotopic (exact) mass is 256 g/mol. The molecule has 1 nitrogen and oxygen atoms in total. The maximum Gasteiger partial charge on any atom is 0.143 e. The summed E-state index contributed by atoms with van der Waals surface area (Å²) in [6.07, 6.45) is 10.8. The second-order valence-electron chi connectivity index (χ2n) is 6.43. The SMILES string of the molecule is O=C(CC1CCCCC1)C1(c2ccccc2)CCC1. The fraction of sp³-hybridized carbons (Fsp3) is 0.611. The molecule has 1 heteroatoms. The summed E-state index contributed by atoms with van der Waals surface area (Å²) in [5.41, 5.74) is 1.15. The number of benzene rings is 1. The summed E-state index contributed by atoms with van der Waals surface area (Å²) >= 11 is 0. The molecule has 2 aliphatic carbocycles. The Labute approximate surface area is 116 Å². The van der Waals surface area contributed by atoms with E-state index < -0.39 is 0 Å². The highest BCUT2D eigenvalue weighted by atomic mass is 16.1. The third-order valence-corrected chi connectivity index (χ3v) is 5.27. The van der Waals surface area contributed by atoms with E-state index >= 15 is 0 Å². The smallest absolute Gasteiger partial charge is 0.143 e. The first kappa shape index (κ1) is 12.9. The van der Waals surface area contributed by atoms with Crippen LogP contribution in [0.15, 0.2) is 30.3 Å². The van der Waals surface area contributed by atoms with E-state index in [-0.39, 0.29) is 5.41 Å². The second kappa shape index (κ2) is 5.48. The van der Waals surface area contributed by atoms with E-state index in [0.29, 0.717) is 11.7 Å². The Kier molecular flexibility index (Phi) is 3.72. The van der Waals surface area contributed by atoms with Gasteiger partial charge in [0.1, 0.15) is 5.78 Å². The van der Waals surface area contributed by atoms with Crippen LogP contribution in [0.3, 0.4) is 0 Å². The third-order valence-electron chi connectivity index (χ3n) is 5.27. The van der Waals surface area contributed by atoms with Crippen molar-refractivity contribution in [3.05, 3.63) is 35.9 Å². The van der Waals surface area contributed by atoms with Crippen LogP contribution in [0.1, 0.15) is 63.4 Å². The Hall–Kier alpha value is -1.11. The molecule has 0 aliphatic heterocycles. The van der Waals surface area contributed by atoms with Crippen molar-refractivity contribution in [1.82, 2.24) is 0 Å². The standard InChI is InChI=1S/C18H24O/c19-17(14-15-8-3-1-4-9-15)18(12-7-13-18)16-10-5-2-6-11-16/h2,5-6,10-11,15H,1,3-4,7-9,12-14H2. The van der Waals surface area contributed by atoms with E-state index in [1.54, 1.807) is 0 Å². The highest BCUT2D eigenvalue weighted by Gasteiger charge is 2.45. The highest BCUT2D eigenvalue weighted by molar-refractivity contribution is 5.91. The molecule has 102 valence electrons. The van der Waals surface area contributed by atoms with Gasteiger partial charge in [0.15, 0.2) is 0 Å². The maximum atomic E-state index is 12.8. The first-order valence-corrected chi connectivity index (χ1v) is 7.90. The van der Waals surface area contributed by atoms with Gasteiger partial charge in [-0.1, -0.05) is 68.9 Å². The fourth-order valence-corrected chi connectivity index (χ4v) is 3.86. The van der Waals surface area contributed by atoms with Gasteiger partial charge in [-0.25, -0.2) is 0 Å². The minimum absolute atomic E-state index is 0.112. The minimum atomic E-state index is -0.112. The maximum absolute atomic E-state index is 12.8. The van der Waals surface area contributed by atoms with Crippen LogP contribution in [0.5, 0.6) is 0 Å². The van der Waals surface area contributed by atoms with E-state index in [4.69, 9.17) is 0 Å². The molecule has 0 saturated heterocycles. The molecule has 19 heavy (non-hydrogen) atoms. The van der Waals surface area contributed by atoms with Gasteiger partial charge in [-0.2, -0.15) is 0 Å². The highest BCUT2D eigenvalue weighted by Crippen LogP contribution is 2.46. The Morgan fingerprint density at radius 2 is 1.68 bits per heavy atom.